The maximum atomic E-state index is 13.3. The van der Waals surface area contributed by atoms with Gasteiger partial charge in [0, 0.05) is 61.1 Å². The van der Waals surface area contributed by atoms with Gasteiger partial charge in [-0.3, -0.25) is 14.9 Å². The molecule has 0 atom stereocenters. The molecule has 0 aliphatic carbocycles. The average molecular weight is 480 g/mol. The number of carbonyl (C=O) groups excluding carboxylic acids is 2. The molecule has 10 heteroatoms. The zero-order valence-electron chi connectivity index (χ0n) is 19.4. The Balaban J connectivity index is 1.32. The summed E-state index contributed by atoms with van der Waals surface area (Å²) in [6.45, 7) is 5.27. The minimum atomic E-state index is -0.593. The fraction of sp³-hybridized carbons (Fsp3) is 0.280. The first-order valence-electron chi connectivity index (χ1n) is 11.1. The second kappa shape index (κ2) is 9.96. The number of benzene rings is 2. The molecule has 0 bridgehead atoms. The molecule has 1 amide bonds. The number of nitro groups is 1. The van der Waals surface area contributed by atoms with Crippen molar-refractivity contribution < 1.29 is 23.6 Å². The van der Waals surface area contributed by atoms with E-state index in [-0.39, 0.29) is 24.0 Å². The summed E-state index contributed by atoms with van der Waals surface area (Å²) in [4.78, 5) is 39.4. The Morgan fingerprint density at radius 3 is 2.17 bits per heavy atom. The number of ether oxygens (including phenoxy) is 1. The third-order valence-corrected chi connectivity index (χ3v) is 6.12. The molecule has 0 N–H and O–H groups in total. The second-order valence-corrected chi connectivity index (χ2v) is 8.31. The van der Waals surface area contributed by atoms with Gasteiger partial charge in [-0.05, 0) is 56.3 Å². The van der Waals surface area contributed by atoms with Crippen LogP contribution in [0.5, 0.6) is 0 Å². The lowest BCUT2D eigenvalue weighted by Gasteiger charge is -2.36. The normalized spacial score (nSPS) is 13.6. The summed E-state index contributed by atoms with van der Waals surface area (Å²) in [5, 5.41) is 10.8. The van der Waals surface area contributed by atoms with Gasteiger partial charge in [-0.25, -0.2) is 9.18 Å². The number of carbonyl (C=O) groups is 2. The van der Waals surface area contributed by atoms with E-state index in [1.165, 1.54) is 24.3 Å². The number of nitrogens with zero attached hydrogens (tertiary/aromatic N) is 4. The zero-order valence-corrected chi connectivity index (χ0v) is 19.4. The summed E-state index contributed by atoms with van der Waals surface area (Å²) in [6, 6.07) is 14.0. The van der Waals surface area contributed by atoms with Gasteiger partial charge in [-0.2, -0.15) is 0 Å². The number of nitro benzene ring substituents is 1. The summed E-state index contributed by atoms with van der Waals surface area (Å²) in [5.74, 6) is -1.22. The van der Waals surface area contributed by atoms with Gasteiger partial charge in [0.05, 0.1) is 10.5 Å². The number of non-ortho nitro benzene ring substituents is 1. The van der Waals surface area contributed by atoms with E-state index in [1.807, 2.05) is 16.4 Å². The first-order valence-corrected chi connectivity index (χ1v) is 11.1. The van der Waals surface area contributed by atoms with Crippen molar-refractivity contribution in [2.24, 2.45) is 0 Å². The number of amides is 1. The summed E-state index contributed by atoms with van der Waals surface area (Å²) in [6.07, 6.45) is 0. The highest BCUT2D eigenvalue weighted by Gasteiger charge is 2.24. The highest BCUT2D eigenvalue weighted by Crippen LogP contribution is 2.23. The van der Waals surface area contributed by atoms with E-state index in [9.17, 15) is 24.1 Å². The van der Waals surface area contributed by atoms with Crippen molar-refractivity contribution in [2.45, 2.75) is 13.8 Å². The van der Waals surface area contributed by atoms with Crippen LogP contribution in [0.3, 0.4) is 0 Å². The van der Waals surface area contributed by atoms with Crippen LogP contribution in [-0.4, -0.2) is 59.1 Å². The molecule has 0 saturated carbocycles. The molecule has 1 aliphatic rings. The lowest BCUT2D eigenvalue weighted by Crippen LogP contribution is -2.49. The summed E-state index contributed by atoms with van der Waals surface area (Å²) in [5.41, 5.74) is 3.39. The Morgan fingerprint density at radius 2 is 1.57 bits per heavy atom. The molecule has 4 rings (SSSR count). The van der Waals surface area contributed by atoms with E-state index >= 15 is 0 Å². The van der Waals surface area contributed by atoms with E-state index in [0.29, 0.717) is 37.4 Å². The fourth-order valence-corrected chi connectivity index (χ4v) is 4.25. The predicted molar refractivity (Wildman–Crippen MR) is 127 cm³/mol. The minimum absolute atomic E-state index is 0.0304. The number of esters is 1. The van der Waals surface area contributed by atoms with Crippen molar-refractivity contribution in [3.8, 4) is 5.69 Å². The molecule has 1 saturated heterocycles. The van der Waals surface area contributed by atoms with Crippen LogP contribution >= 0.6 is 0 Å². The molecule has 182 valence electrons. The third kappa shape index (κ3) is 5.16. The number of halogens is 1. The molecule has 1 fully saturated rings. The SMILES string of the molecule is Cc1cc(C(=O)OCC(=O)N2CCN(c3ccc([N+](=O)[O-])cc3)CC2)c(C)n1-c1ccc(F)cc1. The van der Waals surface area contributed by atoms with Crippen molar-refractivity contribution >= 4 is 23.3 Å². The van der Waals surface area contributed by atoms with E-state index < -0.39 is 10.9 Å². The average Bonchev–Trinajstić information content (AvgIpc) is 3.16. The Labute approximate surface area is 201 Å². The maximum absolute atomic E-state index is 13.3. The van der Waals surface area contributed by atoms with Crippen molar-refractivity contribution in [1.82, 2.24) is 9.47 Å². The number of piperazine rings is 1. The van der Waals surface area contributed by atoms with E-state index in [1.54, 1.807) is 42.2 Å². The quantitative estimate of drug-likeness (QED) is 0.304. The number of anilines is 1. The molecule has 2 heterocycles. The maximum Gasteiger partial charge on any atom is 0.340 e. The molecular weight excluding hydrogens is 455 g/mol. The molecule has 3 aromatic rings. The van der Waals surface area contributed by atoms with Crippen molar-refractivity contribution in [1.29, 1.82) is 0 Å². The lowest BCUT2D eigenvalue weighted by atomic mass is 10.2. The summed E-state index contributed by atoms with van der Waals surface area (Å²) >= 11 is 0. The number of aromatic nitrogens is 1. The smallest absolute Gasteiger partial charge is 0.340 e. The molecule has 0 radical (unpaired) electrons. The Bertz CT molecular complexity index is 1250. The van der Waals surface area contributed by atoms with Gasteiger partial charge in [0.15, 0.2) is 6.61 Å². The van der Waals surface area contributed by atoms with Crippen LogP contribution in [0, 0.1) is 29.8 Å². The van der Waals surface area contributed by atoms with Gasteiger partial charge in [0.25, 0.3) is 11.6 Å². The standard InChI is InChI=1S/C25H25FN4O5/c1-17-15-23(18(2)29(17)21-5-3-19(26)4-6-21)25(32)35-16-24(31)28-13-11-27(12-14-28)20-7-9-22(10-8-20)30(33)34/h3-10,15H,11-14,16H2,1-2H3. The minimum Gasteiger partial charge on any atom is -0.452 e. The summed E-state index contributed by atoms with van der Waals surface area (Å²) in [7, 11) is 0. The van der Waals surface area contributed by atoms with Crippen LogP contribution in [0.2, 0.25) is 0 Å². The van der Waals surface area contributed by atoms with E-state index in [0.717, 1.165) is 17.1 Å². The monoisotopic (exact) mass is 480 g/mol. The van der Waals surface area contributed by atoms with Gasteiger partial charge in [0.1, 0.15) is 5.82 Å². The molecular formula is C25H25FN4O5. The van der Waals surface area contributed by atoms with Crippen molar-refractivity contribution in [2.75, 3.05) is 37.7 Å². The van der Waals surface area contributed by atoms with Crippen LogP contribution in [0.15, 0.2) is 54.6 Å². The van der Waals surface area contributed by atoms with Gasteiger partial charge in [-0.15, -0.1) is 0 Å². The van der Waals surface area contributed by atoms with Crippen LogP contribution in [0.4, 0.5) is 15.8 Å². The van der Waals surface area contributed by atoms with Gasteiger partial charge < -0.3 is 19.1 Å². The van der Waals surface area contributed by atoms with Gasteiger partial charge in [0.2, 0.25) is 0 Å². The molecule has 35 heavy (non-hydrogen) atoms. The van der Waals surface area contributed by atoms with E-state index in [2.05, 4.69) is 0 Å². The highest BCUT2D eigenvalue weighted by atomic mass is 19.1. The van der Waals surface area contributed by atoms with Gasteiger partial charge >= 0.3 is 5.97 Å². The van der Waals surface area contributed by atoms with Gasteiger partial charge in [-0.1, -0.05) is 0 Å². The number of aryl methyl sites for hydroxylation is 1. The number of hydrogen-bond acceptors (Lipinski definition) is 6. The molecule has 2 aromatic carbocycles. The molecule has 0 unspecified atom stereocenters. The van der Waals surface area contributed by atoms with Crippen LogP contribution in [-0.2, 0) is 9.53 Å². The lowest BCUT2D eigenvalue weighted by molar-refractivity contribution is -0.384. The molecule has 1 aliphatic heterocycles. The zero-order chi connectivity index (χ0) is 25.1. The van der Waals surface area contributed by atoms with Crippen LogP contribution < -0.4 is 4.90 Å². The van der Waals surface area contributed by atoms with Crippen molar-refractivity contribution in [3.05, 3.63) is 87.5 Å². The predicted octanol–water partition coefficient (Wildman–Crippen LogP) is 3.65. The topological polar surface area (TPSA) is 97.9 Å². The third-order valence-electron chi connectivity index (χ3n) is 6.12. The first kappa shape index (κ1) is 23.9. The number of rotatable bonds is 6. The first-order chi connectivity index (χ1) is 16.7. The largest absolute Gasteiger partial charge is 0.452 e. The number of hydrogen-bond donors (Lipinski definition) is 0. The van der Waals surface area contributed by atoms with E-state index in [4.69, 9.17) is 4.74 Å². The fourth-order valence-electron chi connectivity index (χ4n) is 4.25. The highest BCUT2D eigenvalue weighted by molar-refractivity contribution is 5.93. The van der Waals surface area contributed by atoms with Crippen LogP contribution in [0.1, 0.15) is 21.7 Å². The Kier molecular flexibility index (Phi) is 6.81. The second-order valence-electron chi connectivity index (χ2n) is 8.31. The molecule has 1 aromatic heterocycles. The van der Waals surface area contributed by atoms with Crippen molar-refractivity contribution in [3.63, 3.8) is 0 Å². The Hall–Kier alpha value is -4.21. The molecule has 0 spiro atoms. The molecule has 9 nitrogen and oxygen atoms in total. The summed E-state index contributed by atoms with van der Waals surface area (Å²) < 4.78 is 20.4. The van der Waals surface area contributed by atoms with Crippen LogP contribution in [0.25, 0.3) is 5.69 Å². The Morgan fingerprint density at radius 1 is 0.971 bits per heavy atom.